The van der Waals surface area contributed by atoms with E-state index in [1.165, 1.54) is 0 Å². The molecule has 0 aromatic rings. The second-order valence-electron chi connectivity index (χ2n) is 4.47. The molecule has 0 aromatic heterocycles. The van der Waals surface area contributed by atoms with Crippen molar-refractivity contribution < 1.29 is 18.9 Å². The Bertz CT molecular complexity index is 248. The molecule has 118 valence electrons. The molecule has 5 nitrogen and oxygen atoms in total. The fourth-order valence-electron chi connectivity index (χ4n) is 1.20. The third-order valence-electron chi connectivity index (χ3n) is 2.18. The van der Waals surface area contributed by atoms with Gasteiger partial charge in [-0.15, -0.1) is 0 Å². The van der Waals surface area contributed by atoms with E-state index in [2.05, 4.69) is 31.0 Å². The molecule has 0 aliphatic rings. The van der Waals surface area contributed by atoms with Crippen molar-refractivity contribution in [2.24, 2.45) is 5.92 Å². The van der Waals surface area contributed by atoms with Crippen LogP contribution in [0.5, 0.6) is 0 Å². The van der Waals surface area contributed by atoms with Crippen LogP contribution in [0, 0.1) is 17.8 Å². The largest absolute Gasteiger partial charge is 0.378 e. The Hall–Kier alpha value is -0.640. The van der Waals surface area contributed by atoms with Crippen LogP contribution in [0.25, 0.3) is 0 Å². The average molecular weight is 287 g/mol. The molecular formula is C15H29NO4. The highest BCUT2D eigenvalue weighted by molar-refractivity contribution is 5.01. The summed E-state index contributed by atoms with van der Waals surface area (Å²) in [5, 5.41) is 3.01. The highest BCUT2D eigenvalue weighted by Gasteiger charge is 1.92. The van der Waals surface area contributed by atoms with E-state index in [0.29, 0.717) is 58.8 Å². The van der Waals surface area contributed by atoms with Crippen molar-refractivity contribution in [3.63, 3.8) is 0 Å². The Kier molecular flexibility index (Phi) is 15.9. The van der Waals surface area contributed by atoms with E-state index in [-0.39, 0.29) is 0 Å². The first kappa shape index (κ1) is 19.4. The van der Waals surface area contributed by atoms with Crippen LogP contribution in [0.2, 0.25) is 0 Å². The molecule has 0 saturated carbocycles. The standard InChI is InChI=1S/C15H29NO4/c1-15(2)5-4-7-17-9-11-19-13-14-20-12-10-18-8-6-16-3/h15-16H,6-14H2,1-3H3. The van der Waals surface area contributed by atoms with Crippen LogP contribution in [-0.2, 0) is 18.9 Å². The summed E-state index contributed by atoms with van der Waals surface area (Å²) in [4.78, 5) is 0. The van der Waals surface area contributed by atoms with Gasteiger partial charge < -0.3 is 24.3 Å². The van der Waals surface area contributed by atoms with Crippen molar-refractivity contribution in [2.45, 2.75) is 13.8 Å². The minimum absolute atomic E-state index is 0.397. The molecule has 0 aliphatic heterocycles. The highest BCUT2D eigenvalue weighted by Crippen LogP contribution is 1.86. The average Bonchev–Trinajstić information content (AvgIpc) is 2.43. The summed E-state index contributed by atoms with van der Waals surface area (Å²) in [6.45, 7) is 9.71. The second kappa shape index (κ2) is 16.4. The minimum Gasteiger partial charge on any atom is -0.378 e. The molecule has 5 heteroatoms. The van der Waals surface area contributed by atoms with Gasteiger partial charge in [-0.25, -0.2) is 0 Å². The zero-order valence-corrected chi connectivity index (χ0v) is 13.1. The summed E-state index contributed by atoms with van der Waals surface area (Å²) in [6, 6.07) is 0. The Morgan fingerprint density at radius 1 is 0.800 bits per heavy atom. The van der Waals surface area contributed by atoms with Crippen LogP contribution in [0.4, 0.5) is 0 Å². The molecule has 0 amide bonds. The maximum Gasteiger partial charge on any atom is 0.107 e. The van der Waals surface area contributed by atoms with Gasteiger partial charge in [0.15, 0.2) is 0 Å². The van der Waals surface area contributed by atoms with Crippen molar-refractivity contribution in [3.05, 3.63) is 0 Å². The van der Waals surface area contributed by atoms with Gasteiger partial charge in [-0.3, -0.25) is 0 Å². The summed E-state index contributed by atoms with van der Waals surface area (Å²) in [6.07, 6.45) is 0. The van der Waals surface area contributed by atoms with Crippen LogP contribution in [-0.4, -0.2) is 66.4 Å². The summed E-state index contributed by atoms with van der Waals surface area (Å²) in [7, 11) is 1.90. The van der Waals surface area contributed by atoms with Crippen LogP contribution < -0.4 is 5.32 Å². The first-order valence-corrected chi connectivity index (χ1v) is 7.21. The molecule has 0 rings (SSSR count). The van der Waals surface area contributed by atoms with E-state index in [1.54, 1.807) is 0 Å². The first-order chi connectivity index (χ1) is 9.77. The molecule has 0 saturated heterocycles. The molecule has 0 spiro atoms. The first-order valence-electron chi connectivity index (χ1n) is 7.21. The number of hydrogen-bond acceptors (Lipinski definition) is 5. The van der Waals surface area contributed by atoms with Gasteiger partial charge in [-0.2, -0.15) is 0 Å². The Labute approximate surface area is 123 Å². The van der Waals surface area contributed by atoms with Gasteiger partial charge in [-0.05, 0) is 7.05 Å². The smallest absolute Gasteiger partial charge is 0.107 e. The molecule has 0 fully saturated rings. The predicted molar refractivity (Wildman–Crippen MR) is 79.8 cm³/mol. The predicted octanol–water partition coefficient (Wildman–Crippen LogP) is 0.932. The van der Waals surface area contributed by atoms with Gasteiger partial charge >= 0.3 is 0 Å². The van der Waals surface area contributed by atoms with Crippen molar-refractivity contribution in [1.82, 2.24) is 5.32 Å². The van der Waals surface area contributed by atoms with Crippen molar-refractivity contribution >= 4 is 0 Å². The number of hydrogen-bond donors (Lipinski definition) is 1. The number of likely N-dealkylation sites (N-methyl/N-ethyl adjacent to an activating group) is 1. The molecule has 0 bridgehead atoms. The topological polar surface area (TPSA) is 49.0 Å². The molecule has 0 aliphatic carbocycles. The van der Waals surface area contributed by atoms with Gasteiger partial charge in [0.2, 0.25) is 0 Å². The Balaban J connectivity index is 3.01. The Morgan fingerprint density at radius 2 is 1.30 bits per heavy atom. The van der Waals surface area contributed by atoms with Crippen molar-refractivity contribution in [3.8, 4) is 11.8 Å². The third-order valence-corrected chi connectivity index (χ3v) is 2.18. The van der Waals surface area contributed by atoms with Crippen LogP contribution in [0.1, 0.15) is 13.8 Å². The van der Waals surface area contributed by atoms with Crippen molar-refractivity contribution in [2.75, 3.05) is 66.4 Å². The normalized spacial score (nSPS) is 10.6. The number of nitrogens with one attached hydrogen (secondary N) is 1. The van der Waals surface area contributed by atoms with E-state index in [4.69, 9.17) is 18.9 Å². The summed E-state index contributed by atoms with van der Waals surface area (Å²) >= 11 is 0. The van der Waals surface area contributed by atoms with E-state index in [0.717, 1.165) is 6.54 Å². The fraction of sp³-hybridized carbons (Fsp3) is 0.867. The van der Waals surface area contributed by atoms with E-state index in [9.17, 15) is 0 Å². The molecule has 0 atom stereocenters. The number of ether oxygens (including phenoxy) is 4. The molecule has 0 aromatic carbocycles. The maximum absolute atomic E-state index is 5.36. The van der Waals surface area contributed by atoms with Gasteiger partial charge in [0.25, 0.3) is 0 Å². The van der Waals surface area contributed by atoms with Gasteiger partial charge in [0.05, 0.1) is 46.2 Å². The zero-order valence-electron chi connectivity index (χ0n) is 13.1. The minimum atomic E-state index is 0.397. The summed E-state index contributed by atoms with van der Waals surface area (Å²) < 4.78 is 21.3. The van der Waals surface area contributed by atoms with Crippen LogP contribution in [0.15, 0.2) is 0 Å². The number of rotatable bonds is 13. The lowest BCUT2D eigenvalue weighted by Gasteiger charge is -2.06. The molecular weight excluding hydrogens is 258 g/mol. The van der Waals surface area contributed by atoms with Gasteiger partial charge in [0.1, 0.15) is 6.61 Å². The zero-order chi connectivity index (χ0) is 14.9. The van der Waals surface area contributed by atoms with E-state index >= 15 is 0 Å². The lowest BCUT2D eigenvalue weighted by molar-refractivity contribution is 0.00181. The van der Waals surface area contributed by atoms with Gasteiger partial charge in [0, 0.05) is 12.5 Å². The van der Waals surface area contributed by atoms with E-state index in [1.807, 2.05) is 7.05 Å². The third kappa shape index (κ3) is 17.4. The van der Waals surface area contributed by atoms with Crippen LogP contribution >= 0.6 is 0 Å². The van der Waals surface area contributed by atoms with Gasteiger partial charge in [-0.1, -0.05) is 25.7 Å². The monoisotopic (exact) mass is 287 g/mol. The molecule has 0 heterocycles. The molecule has 1 N–H and O–H groups in total. The van der Waals surface area contributed by atoms with E-state index < -0.39 is 0 Å². The second-order valence-corrected chi connectivity index (χ2v) is 4.47. The molecule has 20 heavy (non-hydrogen) atoms. The summed E-state index contributed by atoms with van der Waals surface area (Å²) in [5.74, 6) is 6.39. The SMILES string of the molecule is CNCCOCCOCCOCCOCC#CC(C)C. The van der Waals surface area contributed by atoms with Crippen molar-refractivity contribution in [1.29, 1.82) is 0 Å². The Morgan fingerprint density at radius 3 is 1.80 bits per heavy atom. The summed E-state index contributed by atoms with van der Waals surface area (Å²) in [5.41, 5.74) is 0. The van der Waals surface area contributed by atoms with Crippen LogP contribution in [0.3, 0.4) is 0 Å². The lowest BCUT2D eigenvalue weighted by Crippen LogP contribution is -2.17. The highest BCUT2D eigenvalue weighted by atomic mass is 16.6. The molecule has 0 unspecified atom stereocenters. The fourth-order valence-corrected chi connectivity index (χ4v) is 1.20. The lowest BCUT2D eigenvalue weighted by atomic mass is 10.2. The maximum atomic E-state index is 5.36. The molecule has 0 radical (unpaired) electrons. The quantitative estimate of drug-likeness (QED) is 0.403.